The molecule has 19 heavy (non-hydrogen) atoms. The maximum atomic E-state index is 9.35. The van der Waals surface area contributed by atoms with Crippen molar-refractivity contribution in [2.75, 3.05) is 6.61 Å². The SMILES string of the molecule is Cc1cccc2c1CCc1ccccc1/C2=C\CO. The average Bonchev–Trinajstić information content (AvgIpc) is 2.59. The zero-order valence-electron chi connectivity index (χ0n) is 11.2. The fourth-order valence-corrected chi connectivity index (χ4v) is 3.00. The molecule has 0 radical (unpaired) electrons. The number of aryl methyl sites for hydroxylation is 2. The highest BCUT2D eigenvalue weighted by Gasteiger charge is 2.18. The Morgan fingerprint density at radius 1 is 1.00 bits per heavy atom. The molecular weight excluding hydrogens is 232 g/mol. The Kier molecular flexibility index (Phi) is 3.22. The molecule has 0 fully saturated rings. The molecule has 0 atom stereocenters. The molecule has 2 aromatic rings. The summed E-state index contributed by atoms with van der Waals surface area (Å²) in [6.45, 7) is 2.25. The lowest BCUT2D eigenvalue weighted by Gasteiger charge is -2.13. The van der Waals surface area contributed by atoms with Gasteiger partial charge in [0.05, 0.1) is 6.61 Å². The first-order chi connectivity index (χ1) is 9.31. The van der Waals surface area contributed by atoms with Crippen LogP contribution in [0.1, 0.15) is 27.8 Å². The smallest absolute Gasteiger partial charge is 0.0621 e. The number of aliphatic hydroxyl groups is 1. The molecule has 0 saturated heterocycles. The van der Waals surface area contributed by atoms with Crippen LogP contribution in [0.5, 0.6) is 0 Å². The minimum absolute atomic E-state index is 0.0804. The first-order valence-electron chi connectivity index (χ1n) is 6.79. The number of benzene rings is 2. The van der Waals surface area contributed by atoms with Crippen molar-refractivity contribution in [3.05, 3.63) is 76.4 Å². The summed E-state index contributed by atoms with van der Waals surface area (Å²) in [6.07, 6.45) is 4.07. The van der Waals surface area contributed by atoms with E-state index in [0.717, 1.165) is 12.8 Å². The highest BCUT2D eigenvalue weighted by molar-refractivity contribution is 5.84. The fourth-order valence-electron chi connectivity index (χ4n) is 3.00. The Hall–Kier alpha value is -1.86. The van der Waals surface area contributed by atoms with Crippen LogP contribution in [0, 0.1) is 6.92 Å². The quantitative estimate of drug-likeness (QED) is 0.821. The van der Waals surface area contributed by atoms with Gasteiger partial charge in [0.15, 0.2) is 0 Å². The molecule has 2 aromatic carbocycles. The van der Waals surface area contributed by atoms with Crippen LogP contribution in [0.2, 0.25) is 0 Å². The molecule has 1 nitrogen and oxygen atoms in total. The van der Waals surface area contributed by atoms with E-state index in [4.69, 9.17) is 0 Å². The van der Waals surface area contributed by atoms with E-state index >= 15 is 0 Å². The lowest BCUT2D eigenvalue weighted by molar-refractivity contribution is 0.343. The van der Waals surface area contributed by atoms with Crippen LogP contribution < -0.4 is 0 Å². The molecule has 0 amide bonds. The van der Waals surface area contributed by atoms with E-state index < -0.39 is 0 Å². The zero-order valence-corrected chi connectivity index (χ0v) is 11.2. The third-order valence-electron chi connectivity index (χ3n) is 3.95. The van der Waals surface area contributed by atoms with Crippen LogP contribution in [0.3, 0.4) is 0 Å². The predicted octanol–water partition coefficient (Wildman–Crippen LogP) is 3.52. The summed E-state index contributed by atoms with van der Waals surface area (Å²) in [6, 6.07) is 15.0. The van der Waals surface area contributed by atoms with E-state index in [2.05, 4.69) is 49.4 Å². The van der Waals surface area contributed by atoms with E-state index in [9.17, 15) is 5.11 Å². The molecule has 0 heterocycles. The molecule has 1 heteroatoms. The Morgan fingerprint density at radius 2 is 1.79 bits per heavy atom. The van der Waals surface area contributed by atoms with Crippen LogP contribution >= 0.6 is 0 Å². The lowest BCUT2D eigenvalue weighted by atomic mass is 9.92. The summed E-state index contributed by atoms with van der Waals surface area (Å²) < 4.78 is 0. The number of hydrogen-bond donors (Lipinski definition) is 1. The van der Waals surface area contributed by atoms with Gasteiger partial charge in [0.25, 0.3) is 0 Å². The number of rotatable bonds is 1. The second-order valence-corrected chi connectivity index (χ2v) is 5.06. The van der Waals surface area contributed by atoms with Crippen molar-refractivity contribution < 1.29 is 5.11 Å². The van der Waals surface area contributed by atoms with Crippen LogP contribution in [0.15, 0.2) is 48.5 Å². The van der Waals surface area contributed by atoms with Gasteiger partial charge in [-0.15, -0.1) is 0 Å². The molecule has 0 unspecified atom stereocenters. The Labute approximate surface area is 114 Å². The van der Waals surface area contributed by atoms with Crippen molar-refractivity contribution in [2.45, 2.75) is 19.8 Å². The highest BCUT2D eigenvalue weighted by atomic mass is 16.2. The first-order valence-corrected chi connectivity index (χ1v) is 6.79. The van der Waals surface area contributed by atoms with E-state index in [1.807, 2.05) is 6.08 Å². The molecule has 0 saturated carbocycles. The molecule has 1 N–H and O–H groups in total. The highest BCUT2D eigenvalue weighted by Crippen LogP contribution is 2.34. The van der Waals surface area contributed by atoms with Gasteiger partial charge in [0.1, 0.15) is 0 Å². The molecule has 0 bridgehead atoms. The standard InChI is InChI=1S/C18H18O/c1-13-5-4-8-17-15(13)10-9-14-6-2-3-7-16(14)18(17)11-12-19/h2-8,11,19H,9-10,12H2,1H3/b18-11+. The van der Waals surface area contributed by atoms with Gasteiger partial charge in [-0.1, -0.05) is 48.5 Å². The van der Waals surface area contributed by atoms with Crippen molar-refractivity contribution in [1.29, 1.82) is 0 Å². The second kappa shape index (κ2) is 5.02. The van der Waals surface area contributed by atoms with Crippen LogP contribution in [-0.4, -0.2) is 11.7 Å². The minimum Gasteiger partial charge on any atom is -0.392 e. The molecule has 0 spiro atoms. The molecule has 0 aliphatic heterocycles. The van der Waals surface area contributed by atoms with E-state index in [-0.39, 0.29) is 6.61 Å². The maximum absolute atomic E-state index is 9.35. The Balaban J connectivity index is 2.27. The topological polar surface area (TPSA) is 20.2 Å². The van der Waals surface area contributed by atoms with Crippen molar-refractivity contribution in [3.8, 4) is 0 Å². The van der Waals surface area contributed by atoms with E-state index in [1.54, 1.807) is 0 Å². The molecular formula is C18H18O. The van der Waals surface area contributed by atoms with Crippen molar-refractivity contribution >= 4 is 5.57 Å². The van der Waals surface area contributed by atoms with Crippen molar-refractivity contribution in [1.82, 2.24) is 0 Å². The summed E-state index contributed by atoms with van der Waals surface area (Å²) in [7, 11) is 0. The van der Waals surface area contributed by atoms with Gasteiger partial charge in [-0.25, -0.2) is 0 Å². The van der Waals surface area contributed by atoms with Gasteiger partial charge in [0, 0.05) is 0 Å². The van der Waals surface area contributed by atoms with Crippen molar-refractivity contribution in [2.24, 2.45) is 0 Å². The normalized spacial score (nSPS) is 15.8. The predicted molar refractivity (Wildman–Crippen MR) is 79.2 cm³/mol. The third-order valence-corrected chi connectivity index (χ3v) is 3.95. The van der Waals surface area contributed by atoms with Gasteiger partial charge in [-0.2, -0.15) is 0 Å². The van der Waals surface area contributed by atoms with E-state index in [1.165, 1.54) is 33.4 Å². The van der Waals surface area contributed by atoms with Gasteiger partial charge in [-0.05, 0) is 53.2 Å². The Morgan fingerprint density at radius 3 is 2.63 bits per heavy atom. The zero-order chi connectivity index (χ0) is 13.2. The van der Waals surface area contributed by atoms with Gasteiger partial charge >= 0.3 is 0 Å². The number of fused-ring (bicyclic) bond motifs is 2. The minimum atomic E-state index is 0.0804. The van der Waals surface area contributed by atoms with Gasteiger partial charge < -0.3 is 5.11 Å². The van der Waals surface area contributed by atoms with E-state index in [0.29, 0.717) is 0 Å². The number of hydrogen-bond acceptors (Lipinski definition) is 1. The van der Waals surface area contributed by atoms with Crippen molar-refractivity contribution in [3.63, 3.8) is 0 Å². The summed E-state index contributed by atoms with van der Waals surface area (Å²) >= 11 is 0. The molecule has 0 aromatic heterocycles. The summed E-state index contributed by atoms with van der Waals surface area (Å²) in [5, 5.41) is 9.35. The average molecular weight is 250 g/mol. The molecule has 96 valence electrons. The first kappa shape index (κ1) is 12.2. The van der Waals surface area contributed by atoms with Gasteiger partial charge in [-0.3, -0.25) is 0 Å². The monoisotopic (exact) mass is 250 g/mol. The molecule has 1 aliphatic carbocycles. The lowest BCUT2D eigenvalue weighted by Crippen LogP contribution is -1.96. The molecule has 1 aliphatic rings. The second-order valence-electron chi connectivity index (χ2n) is 5.06. The fraction of sp³-hybridized carbons (Fsp3) is 0.222. The van der Waals surface area contributed by atoms with Crippen LogP contribution in [-0.2, 0) is 12.8 Å². The maximum Gasteiger partial charge on any atom is 0.0621 e. The summed E-state index contributed by atoms with van der Waals surface area (Å²) in [4.78, 5) is 0. The van der Waals surface area contributed by atoms with Crippen LogP contribution in [0.4, 0.5) is 0 Å². The Bertz CT molecular complexity index is 638. The van der Waals surface area contributed by atoms with Gasteiger partial charge in [0.2, 0.25) is 0 Å². The number of aliphatic hydroxyl groups excluding tert-OH is 1. The largest absolute Gasteiger partial charge is 0.392 e. The summed E-state index contributed by atoms with van der Waals surface area (Å²) in [5.41, 5.74) is 7.85. The molecule has 3 rings (SSSR count). The van der Waals surface area contributed by atoms with Crippen LogP contribution in [0.25, 0.3) is 5.57 Å². The third kappa shape index (κ3) is 2.11. The summed E-state index contributed by atoms with van der Waals surface area (Å²) in [5.74, 6) is 0.